The number of halogens is 2. The van der Waals surface area contributed by atoms with Crippen molar-refractivity contribution in [2.24, 2.45) is 0 Å². The SMILES string of the molecule is ClCc1cnnn1-c1ccccc1I. The lowest BCUT2D eigenvalue weighted by atomic mass is 10.3. The van der Waals surface area contributed by atoms with Gasteiger partial charge in [-0.25, -0.2) is 4.68 Å². The van der Waals surface area contributed by atoms with Gasteiger partial charge in [0.2, 0.25) is 0 Å². The highest BCUT2D eigenvalue weighted by Gasteiger charge is 2.07. The molecule has 0 bridgehead atoms. The van der Waals surface area contributed by atoms with Crippen LogP contribution in [0.1, 0.15) is 5.69 Å². The van der Waals surface area contributed by atoms with Crippen LogP contribution in [-0.2, 0) is 5.88 Å². The number of nitrogens with zero attached hydrogens (tertiary/aromatic N) is 3. The summed E-state index contributed by atoms with van der Waals surface area (Å²) in [6, 6.07) is 7.97. The number of hydrogen-bond acceptors (Lipinski definition) is 2. The Labute approximate surface area is 100 Å². The first-order valence-electron chi connectivity index (χ1n) is 4.03. The third-order valence-corrected chi connectivity index (χ3v) is 3.02. The molecule has 0 aliphatic heterocycles. The quantitative estimate of drug-likeness (QED) is 0.629. The molecule has 2 aromatic rings. The largest absolute Gasteiger partial charge is 0.215 e. The lowest BCUT2D eigenvalue weighted by Crippen LogP contribution is -2.02. The van der Waals surface area contributed by atoms with Gasteiger partial charge in [0.15, 0.2) is 0 Å². The number of rotatable bonds is 2. The Kier molecular flexibility index (Phi) is 3.02. The van der Waals surface area contributed by atoms with Gasteiger partial charge in [0.25, 0.3) is 0 Å². The summed E-state index contributed by atoms with van der Waals surface area (Å²) in [7, 11) is 0. The van der Waals surface area contributed by atoms with Crippen LogP contribution in [0.5, 0.6) is 0 Å². The van der Waals surface area contributed by atoms with Crippen LogP contribution in [-0.4, -0.2) is 15.0 Å². The summed E-state index contributed by atoms with van der Waals surface area (Å²) >= 11 is 8.04. The van der Waals surface area contributed by atoms with Gasteiger partial charge in [-0.1, -0.05) is 17.3 Å². The summed E-state index contributed by atoms with van der Waals surface area (Å²) in [5.41, 5.74) is 1.91. The van der Waals surface area contributed by atoms with E-state index in [1.54, 1.807) is 10.9 Å². The third kappa shape index (κ3) is 1.76. The Hall–Kier alpha value is -0.620. The van der Waals surface area contributed by atoms with Crippen LogP contribution in [0.2, 0.25) is 0 Å². The number of hydrogen-bond donors (Lipinski definition) is 0. The fourth-order valence-corrected chi connectivity index (χ4v) is 1.97. The zero-order valence-corrected chi connectivity index (χ0v) is 10.1. The second kappa shape index (κ2) is 4.27. The average Bonchev–Trinajstić information content (AvgIpc) is 2.66. The minimum absolute atomic E-state index is 0.415. The van der Waals surface area contributed by atoms with Gasteiger partial charge in [-0.2, -0.15) is 0 Å². The maximum Gasteiger partial charge on any atom is 0.0800 e. The van der Waals surface area contributed by atoms with Crippen molar-refractivity contribution in [1.82, 2.24) is 15.0 Å². The molecule has 0 saturated heterocycles. The van der Waals surface area contributed by atoms with E-state index in [0.717, 1.165) is 15.0 Å². The minimum atomic E-state index is 0.415. The predicted octanol–water partition coefficient (Wildman–Crippen LogP) is 2.61. The van der Waals surface area contributed by atoms with Gasteiger partial charge >= 0.3 is 0 Å². The van der Waals surface area contributed by atoms with Crippen molar-refractivity contribution in [3.05, 3.63) is 39.7 Å². The smallest absolute Gasteiger partial charge is 0.0800 e. The summed E-state index contributed by atoms with van der Waals surface area (Å²) in [4.78, 5) is 0. The van der Waals surface area contributed by atoms with E-state index in [9.17, 15) is 0 Å². The van der Waals surface area contributed by atoms with E-state index in [0.29, 0.717) is 5.88 Å². The average molecular weight is 320 g/mol. The molecule has 5 heteroatoms. The lowest BCUT2D eigenvalue weighted by molar-refractivity contribution is 0.778. The van der Waals surface area contributed by atoms with E-state index in [1.807, 2.05) is 24.3 Å². The van der Waals surface area contributed by atoms with Crippen LogP contribution in [0.3, 0.4) is 0 Å². The van der Waals surface area contributed by atoms with Gasteiger partial charge in [0, 0.05) is 3.57 Å². The standard InChI is InChI=1S/C9H7ClIN3/c10-5-7-6-12-13-14(7)9-4-2-1-3-8(9)11/h1-4,6H,5H2. The van der Waals surface area contributed by atoms with Crippen molar-refractivity contribution in [2.75, 3.05) is 0 Å². The van der Waals surface area contributed by atoms with Gasteiger partial charge in [0.05, 0.1) is 23.5 Å². The van der Waals surface area contributed by atoms with E-state index in [1.165, 1.54) is 0 Å². The molecule has 14 heavy (non-hydrogen) atoms. The molecule has 72 valence electrons. The van der Waals surface area contributed by atoms with Gasteiger partial charge in [0.1, 0.15) is 0 Å². The van der Waals surface area contributed by atoms with Gasteiger partial charge in [-0.3, -0.25) is 0 Å². The molecule has 0 spiro atoms. The molecule has 0 amide bonds. The Balaban J connectivity index is 2.54. The zero-order chi connectivity index (χ0) is 9.97. The fourth-order valence-electron chi connectivity index (χ4n) is 1.17. The number of aromatic nitrogens is 3. The van der Waals surface area contributed by atoms with Crippen LogP contribution < -0.4 is 0 Å². The van der Waals surface area contributed by atoms with E-state index in [2.05, 4.69) is 32.9 Å². The molecule has 0 radical (unpaired) electrons. The second-order valence-corrected chi connectivity index (χ2v) is 4.15. The topological polar surface area (TPSA) is 30.7 Å². The summed E-state index contributed by atoms with van der Waals surface area (Å²) in [5, 5.41) is 7.83. The summed E-state index contributed by atoms with van der Waals surface area (Å²) in [6.45, 7) is 0. The van der Waals surface area contributed by atoms with E-state index in [4.69, 9.17) is 11.6 Å². The summed E-state index contributed by atoms with van der Waals surface area (Å²) in [6.07, 6.45) is 1.68. The molecule has 2 rings (SSSR count). The summed E-state index contributed by atoms with van der Waals surface area (Å²) < 4.78 is 2.89. The van der Waals surface area contributed by atoms with Gasteiger partial charge < -0.3 is 0 Å². The molecule has 1 aromatic carbocycles. The van der Waals surface area contributed by atoms with E-state index < -0.39 is 0 Å². The molecular formula is C9H7ClIN3. The predicted molar refractivity (Wildman–Crippen MR) is 63.6 cm³/mol. The molecule has 3 nitrogen and oxygen atoms in total. The third-order valence-electron chi connectivity index (χ3n) is 1.84. The molecular weight excluding hydrogens is 312 g/mol. The fraction of sp³-hybridized carbons (Fsp3) is 0.111. The Morgan fingerprint density at radius 1 is 1.36 bits per heavy atom. The van der Waals surface area contributed by atoms with E-state index in [-0.39, 0.29) is 0 Å². The van der Waals surface area contributed by atoms with Gasteiger partial charge in [-0.15, -0.1) is 16.7 Å². The second-order valence-electron chi connectivity index (χ2n) is 2.72. The number of alkyl halides is 1. The van der Waals surface area contributed by atoms with Crippen LogP contribution >= 0.6 is 34.2 Å². The Morgan fingerprint density at radius 3 is 2.86 bits per heavy atom. The minimum Gasteiger partial charge on any atom is -0.215 e. The first-order valence-corrected chi connectivity index (χ1v) is 5.64. The molecule has 1 heterocycles. The van der Waals surface area contributed by atoms with Crippen LogP contribution in [0.25, 0.3) is 5.69 Å². The van der Waals surface area contributed by atoms with E-state index >= 15 is 0 Å². The van der Waals surface area contributed by atoms with Crippen molar-refractivity contribution < 1.29 is 0 Å². The molecule has 0 saturated carbocycles. The maximum atomic E-state index is 5.77. The molecule has 0 fully saturated rings. The van der Waals surface area contributed by atoms with Crippen molar-refractivity contribution in [1.29, 1.82) is 0 Å². The molecule has 0 atom stereocenters. The summed E-state index contributed by atoms with van der Waals surface area (Å²) in [5.74, 6) is 0.415. The molecule has 0 N–H and O–H groups in total. The zero-order valence-electron chi connectivity index (χ0n) is 7.19. The monoisotopic (exact) mass is 319 g/mol. The highest BCUT2D eigenvalue weighted by atomic mass is 127. The molecule has 1 aromatic heterocycles. The first kappa shape index (κ1) is 9.92. The van der Waals surface area contributed by atoms with Crippen LogP contribution in [0.4, 0.5) is 0 Å². The molecule has 0 aliphatic carbocycles. The first-order chi connectivity index (χ1) is 6.83. The van der Waals surface area contributed by atoms with Crippen molar-refractivity contribution in [3.8, 4) is 5.69 Å². The lowest BCUT2D eigenvalue weighted by Gasteiger charge is -2.05. The van der Waals surface area contributed by atoms with Crippen LogP contribution in [0, 0.1) is 3.57 Å². The van der Waals surface area contributed by atoms with Crippen molar-refractivity contribution in [2.45, 2.75) is 5.88 Å². The van der Waals surface area contributed by atoms with Crippen molar-refractivity contribution in [3.63, 3.8) is 0 Å². The highest BCUT2D eigenvalue weighted by molar-refractivity contribution is 14.1. The molecule has 0 aliphatic rings. The Bertz CT molecular complexity index is 441. The van der Waals surface area contributed by atoms with Crippen LogP contribution in [0.15, 0.2) is 30.5 Å². The maximum absolute atomic E-state index is 5.77. The normalized spacial score (nSPS) is 10.4. The molecule has 0 unspecified atom stereocenters. The number of para-hydroxylation sites is 1. The Morgan fingerprint density at radius 2 is 2.14 bits per heavy atom. The number of benzene rings is 1. The van der Waals surface area contributed by atoms with Gasteiger partial charge in [-0.05, 0) is 34.7 Å². The van der Waals surface area contributed by atoms with Crippen molar-refractivity contribution >= 4 is 34.2 Å². The highest BCUT2D eigenvalue weighted by Crippen LogP contribution is 2.17.